The van der Waals surface area contributed by atoms with E-state index in [1.54, 1.807) is 6.07 Å². The summed E-state index contributed by atoms with van der Waals surface area (Å²) in [6, 6.07) is 7.37. The van der Waals surface area contributed by atoms with Crippen LogP contribution in [-0.4, -0.2) is 38.3 Å². The molecule has 1 fully saturated rings. The van der Waals surface area contributed by atoms with Crippen LogP contribution in [0.5, 0.6) is 5.75 Å². The first-order chi connectivity index (χ1) is 11.8. The third-order valence-corrected chi connectivity index (χ3v) is 4.61. The van der Waals surface area contributed by atoms with Crippen molar-refractivity contribution in [2.75, 3.05) is 26.4 Å². The van der Waals surface area contributed by atoms with Crippen LogP contribution in [0.15, 0.2) is 24.3 Å². The van der Waals surface area contributed by atoms with Gasteiger partial charge in [-0.3, -0.25) is 4.79 Å². The second-order valence-electron chi connectivity index (χ2n) is 6.26. The smallest absolute Gasteiger partial charge is 0.255 e. The standard InChI is InChI=1S/C19H30N2O3/c1-2-23-12-13-24-18-11-7-6-10-16(18)19(22)21-17(14-20)15-8-4-3-5-9-15/h6-7,10-11,15,17H,2-5,8-9,12-14,20H2,1H3,(H,21,22). The summed E-state index contributed by atoms with van der Waals surface area (Å²) in [6.45, 7) is 4.02. The lowest BCUT2D eigenvalue weighted by molar-refractivity contribution is 0.0901. The molecule has 1 aromatic rings. The molecule has 5 heteroatoms. The zero-order valence-corrected chi connectivity index (χ0v) is 14.6. The van der Waals surface area contributed by atoms with Crippen molar-refractivity contribution in [2.24, 2.45) is 11.7 Å². The normalized spacial score (nSPS) is 16.6. The fraction of sp³-hybridized carbons (Fsp3) is 0.632. The average Bonchev–Trinajstić information content (AvgIpc) is 2.64. The number of carbonyl (C=O) groups excluding carboxylic acids is 1. The predicted molar refractivity (Wildman–Crippen MR) is 95.3 cm³/mol. The van der Waals surface area contributed by atoms with Gasteiger partial charge in [0.15, 0.2) is 0 Å². The van der Waals surface area contributed by atoms with E-state index < -0.39 is 0 Å². The molecule has 1 aliphatic rings. The van der Waals surface area contributed by atoms with Crippen LogP contribution in [0.2, 0.25) is 0 Å². The SMILES string of the molecule is CCOCCOc1ccccc1C(=O)NC(CN)C1CCCCC1. The molecule has 2 rings (SSSR count). The largest absolute Gasteiger partial charge is 0.490 e. The van der Waals surface area contributed by atoms with Gasteiger partial charge in [0.25, 0.3) is 5.91 Å². The minimum absolute atomic E-state index is 0.0364. The Morgan fingerprint density at radius 3 is 2.71 bits per heavy atom. The zero-order chi connectivity index (χ0) is 17.2. The highest BCUT2D eigenvalue weighted by molar-refractivity contribution is 5.97. The molecule has 0 aliphatic heterocycles. The minimum atomic E-state index is -0.108. The first-order valence-corrected chi connectivity index (χ1v) is 9.06. The van der Waals surface area contributed by atoms with Gasteiger partial charge in [-0.25, -0.2) is 0 Å². The van der Waals surface area contributed by atoms with Crippen LogP contribution < -0.4 is 15.8 Å². The van der Waals surface area contributed by atoms with E-state index in [0.29, 0.717) is 43.6 Å². The fourth-order valence-corrected chi connectivity index (χ4v) is 3.29. The molecule has 1 aromatic carbocycles. The molecule has 0 heterocycles. The number of nitrogens with one attached hydrogen (secondary N) is 1. The summed E-state index contributed by atoms with van der Waals surface area (Å²) in [5, 5.41) is 3.12. The van der Waals surface area contributed by atoms with Crippen LogP contribution in [0.3, 0.4) is 0 Å². The van der Waals surface area contributed by atoms with Crippen molar-refractivity contribution in [3.8, 4) is 5.75 Å². The molecule has 0 bridgehead atoms. The Bertz CT molecular complexity index is 501. The summed E-state index contributed by atoms with van der Waals surface area (Å²) in [7, 11) is 0. The van der Waals surface area contributed by atoms with E-state index in [1.807, 2.05) is 25.1 Å². The van der Waals surface area contributed by atoms with Gasteiger partial charge in [-0.05, 0) is 37.8 Å². The van der Waals surface area contributed by atoms with Crippen LogP contribution in [-0.2, 0) is 4.74 Å². The topological polar surface area (TPSA) is 73.6 Å². The number of hydrogen-bond acceptors (Lipinski definition) is 4. The maximum atomic E-state index is 12.7. The lowest BCUT2D eigenvalue weighted by Crippen LogP contribution is -2.46. The monoisotopic (exact) mass is 334 g/mol. The molecular weight excluding hydrogens is 304 g/mol. The van der Waals surface area contributed by atoms with Crippen LogP contribution in [0.4, 0.5) is 0 Å². The highest BCUT2D eigenvalue weighted by Crippen LogP contribution is 2.27. The lowest BCUT2D eigenvalue weighted by atomic mass is 9.84. The van der Waals surface area contributed by atoms with Gasteiger partial charge in [-0.1, -0.05) is 31.4 Å². The van der Waals surface area contributed by atoms with Gasteiger partial charge in [-0.2, -0.15) is 0 Å². The number of carbonyl (C=O) groups is 1. The zero-order valence-electron chi connectivity index (χ0n) is 14.6. The van der Waals surface area contributed by atoms with Gasteiger partial charge in [0.2, 0.25) is 0 Å². The van der Waals surface area contributed by atoms with E-state index in [4.69, 9.17) is 15.2 Å². The molecule has 1 aliphatic carbocycles. The Labute approximate surface area is 144 Å². The highest BCUT2D eigenvalue weighted by atomic mass is 16.5. The van der Waals surface area contributed by atoms with Gasteiger partial charge in [-0.15, -0.1) is 0 Å². The molecule has 0 radical (unpaired) electrons. The van der Waals surface area contributed by atoms with Crippen molar-refractivity contribution in [3.05, 3.63) is 29.8 Å². The maximum Gasteiger partial charge on any atom is 0.255 e. The summed E-state index contributed by atoms with van der Waals surface area (Å²) >= 11 is 0. The van der Waals surface area contributed by atoms with Crippen molar-refractivity contribution in [1.29, 1.82) is 0 Å². The summed E-state index contributed by atoms with van der Waals surface area (Å²) in [4.78, 5) is 12.7. The molecule has 1 atom stereocenters. The van der Waals surface area contributed by atoms with Crippen molar-refractivity contribution in [3.63, 3.8) is 0 Å². The van der Waals surface area contributed by atoms with Gasteiger partial charge in [0.05, 0.1) is 12.2 Å². The summed E-state index contributed by atoms with van der Waals surface area (Å²) in [6.07, 6.45) is 6.05. The molecular formula is C19H30N2O3. The molecule has 134 valence electrons. The molecule has 5 nitrogen and oxygen atoms in total. The van der Waals surface area contributed by atoms with E-state index in [1.165, 1.54) is 19.3 Å². The fourth-order valence-electron chi connectivity index (χ4n) is 3.29. The van der Waals surface area contributed by atoms with Crippen molar-refractivity contribution in [1.82, 2.24) is 5.32 Å². The van der Waals surface area contributed by atoms with Crippen molar-refractivity contribution in [2.45, 2.75) is 45.1 Å². The summed E-state index contributed by atoms with van der Waals surface area (Å²) < 4.78 is 11.0. The number of benzene rings is 1. The summed E-state index contributed by atoms with van der Waals surface area (Å²) in [5.74, 6) is 0.968. The Balaban J connectivity index is 1.97. The first-order valence-electron chi connectivity index (χ1n) is 9.06. The molecule has 0 aromatic heterocycles. The second kappa shape index (κ2) is 10.3. The van der Waals surface area contributed by atoms with Crippen LogP contribution >= 0.6 is 0 Å². The predicted octanol–water partition coefficient (Wildman–Crippen LogP) is 2.74. The van der Waals surface area contributed by atoms with E-state index >= 15 is 0 Å². The molecule has 0 spiro atoms. The van der Waals surface area contributed by atoms with E-state index in [-0.39, 0.29) is 11.9 Å². The number of amides is 1. The number of ether oxygens (including phenoxy) is 2. The van der Waals surface area contributed by atoms with E-state index in [9.17, 15) is 4.79 Å². The molecule has 0 saturated heterocycles. The Morgan fingerprint density at radius 2 is 2.00 bits per heavy atom. The molecule has 3 N–H and O–H groups in total. The molecule has 1 amide bonds. The van der Waals surface area contributed by atoms with Crippen LogP contribution in [0.25, 0.3) is 0 Å². The number of rotatable bonds is 9. The first kappa shape index (κ1) is 18.7. The number of nitrogens with two attached hydrogens (primary N) is 1. The summed E-state index contributed by atoms with van der Waals surface area (Å²) in [5.41, 5.74) is 6.48. The van der Waals surface area contributed by atoms with E-state index in [0.717, 1.165) is 12.8 Å². The maximum absolute atomic E-state index is 12.7. The molecule has 1 unspecified atom stereocenters. The minimum Gasteiger partial charge on any atom is -0.490 e. The Morgan fingerprint density at radius 1 is 1.25 bits per heavy atom. The Hall–Kier alpha value is -1.59. The van der Waals surface area contributed by atoms with E-state index in [2.05, 4.69) is 5.32 Å². The van der Waals surface area contributed by atoms with Crippen LogP contribution in [0, 0.1) is 5.92 Å². The average molecular weight is 334 g/mol. The third kappa shape index (κ3) is 5.49. The number of para-hydroxylation sites is 1. The van der Waals surface area contributed by atoms with Gasteiger partial charge in [0, 0.05) is 19.2 Å². The molecule has 1 saturated carbocycles. The second-order valence-corrected chi connectivity index (χ2v) is 6.26. The number of hydrogen-bond donors (Lipinski definition) is 2. The van der Waals surface area contributed by atoms with Gasteiger partial charge < -0.3 is 20.5 Å². The lowest BCUT2D eigenvalue weighted by Gasteiger charge is -2.30. The van der Waals surface area contributed by atoms with Crippen molar-refractivity contribution < 1.29 is 14.3 Å². The quantitative estimate of drug-likeness (QED) is 0.681. The third-order valence-electron chi connectivity index (χ3n) is 4.61. The highest BCUT2D eigenvalue weighted by Gasteiger charge is 2.25. The molecule has 24 heavy (non-hydrogen) atoms. The Kier molecular flexibility index (Phi) is 8.05. The van der Waals surface area contributed by atoms with Gasteiger partial charge in [0.1, 0.15) is 12.4 Å². The van der Waals surface area contributed by atoms with Crippen molar-refractivity contribution >= 4 is 5.91 Å². The van der Waals surface area contributed by atoms with Gasteiger partial charge >= 0.3 is 0 Å². The van der Waals surface area contributed by atoms with Crippen LogP contribution in [0.1, 0.15) is 49.4 Å².